The van der Waals surface area contributed by atoms with Gasteiger partial charge in [-0.1, -0.05) is 29.3 Å². The monoisotopic (exact) mass is 376 g/mol. The van der Waals surface area contributed by atoms with Gasteiger partial charge in [-0.3, -0.25) is 4.79 Å². The molecule has 122 valence electrons. The number of aryl methyl sites for hydroxylation is 2. The lowest BCUT2D eigenvalue weighted by atomic mass is 10.2. The summed E-state index contributed by atoms with van der Waals surface area (Å²) in [5.41, 5.74) is 2.16. The number of aromatic nitrogens is 2. The molecule has 1 aromatic carbocycles. The molecule has 0 aliphatic rings. The van der Waals surface area contributed by atoms with Crippen molar-refractivity contribution in [3.05, 3.63) is 45.8 Å². The number of hydrogen-bond donors (Lipinski definition) is 2. The van der Waals surface area contributed by atoms with Crippen LogP contribution in [-0.2, 0) is 0 Å². The summed E-state index contributed by atoms with van der Waals surface area (Å²) in [6, 6.07) is 7.36. The maximum Gasteiger partial charge on any atom is 0.274 e. The fourth-order valence-electron chi connectivity index (χ4n) is 2.09. The smallest absolute Gasteiger partial charge is 0.274 e. The van der Waals surface area contributed by atoms with Crippen LogP contribution in [0, 0.1) is 13.8 Å². The molecule has 2 aromatic rings. The van der Waals surface area contributed by atoms with Crippen LogP contribution < -0.4 is 10.6 Å². The molecule has 0 bridgehead atoms. The quantitative estimate of drug-likeness (QED) is 0.736. The number of rotatable bonds is 6. The summed E-state index contributed by atoms with van der Waals surface area (Å²) in [4.78, 5) is 20.9. The molecule has 0 saturated heterocycles. The van der Waals surface area contributed by atoms with Crippen molar-refractivity contribution in [2.75, 3.05) is 17.2 Å². The first kappa shape index (κ1) is 17.4. The lowest BCUT2D eigenvalue weighted by Gasteiger charge is -2.09. The molecule has 2 N–H and O–H groups in total. The van der Waals surface area contributed by atoms with Crippen molar-refractivity contribution >= 4 is 33.3 Å². The van der Waals surface area contributed by atoms with Gasteiger partial charge in [0.15, 0.2) is 0 Å². The summed E-state index contributed by atoms with van der Waals surface area (Å²) < 4.78 is 1.01. The predicted octanol–water partition coefficient (Wildman–Crippen LogP) is 4.32. The van der Waals surface area contributed by atoms with E-state index in [-0.39, 0.29) is 5.91 Å². The fourth-order valence-corrected chi connectivity index (χ4v) is 2.33. The summed E-state index contributed by atoms with van der Waals surface area (Å²) in [5, 5.41) is 6.09. The summed E-state index contributed by atoms with van der Waals surface area (Å²) in [5.74, 6) is 1.02. The number of anilines is 2. The van der Waals surface area contributed by atoms with Crippen molar-refractivity contribution in [1.82, 2.24) is 9.97 Å². The Hall–Kier alpha value is -1.95. The van der Waals surface area contributed by atoms with Crippen LogP contribution in [0.4, 0.5) is 11.5 Å². The van der Waals surface area contributed by atoms with Gasteiger partial charge in [-0.2, -0.15) is 0 Å². The van der Waals surface area contributed by atoms with Gasteiger partial charge >= 0.3 is 0 Å². The van der Waals surface area contributed by atoms with Gasteiger partial charge in [0, 0.05) is 22.8 Å². The van der Waals surface area contributed by atoms with Crippen LogP contribution in [0.25, 0.3) is 0 Å². The van der Waals surface area contributed by atoms with Gasteiger partial charge in [-0.15, -0.1) is 0 Å². The average Bonchev–Trinajstić information content (AvgIpc) is 2.51. The summed E-state index contributed by atoms with van der Waals surface area (Å²) in [6.07, 6.45) is 2.16. The van der Waals surface area contributed by atoms with Gasteiger partial charge < -0.3 is 10.6 Å². The molecular formula is C17H21BrN4O. The highest BCUT2D eigenvalue weighted by atomic mass is 79.9. The Morgan fingerprint density at radius 2 is 2.00 bits per heavy atom. The lowest BCUT2D eigenvalue weighted by Crippen LogP contribution is -2.16. The largest absolute Gasteiger partial charge is 0.370 e. The Labute approximate surface area is 145 Å². The number of halogens is 1. The molecule has 2 rings (SSSR count). The van der Waals surface area contributed by atoms with Crippen molar-refractivity contribution < 1.29 is 4.79 Å². The maximum absolute atomic E-state index is 12.4. The molecule has 0 saturated carbocycles. The zero-order valence-electron chi connectivity index (χ0n) is 13.6. The molecule has 6 heteroatoms. The number of hydrogen-bond acceptors (Lipinski definition) is 4. The summed E-state index contributed by atoms with van der Waals surface area (Å²) in [6.45, 7) is 6.72. The lowest BCUT2D eigenvalue weighted by molar-refractivity contribution is 0.102. The van der Waals surface area contributed by atoms with E-state index in [9.17, 15) is 4.79 Å². The van der Waals surface area contributed by atoms with E-state index >= 15 is 0 Å². The number of amides is 1. The zero-order valence-corrected chi connectivity index (χ0v) is 15.2. The second-order valence-corrected chi connectivity index (χ2v) is 6.24. The maximum atomic E-state index is 12.4. The third kappa shape index (κ3) is 5.03. The molecule has 23 heavy (non-hydrogen) atoms. The Balaban J connectivity index is 2.13. The van der Waals surface area contributed by atoms with Gasteiger partial charge in [0.25, 0.3) is 5.91 Å². The molecule has 1 heterocycles. The topological polar surface area (TPSA) is 66.9 Å². The molecule has 1 aromatic heterocycles. The molecule has 1 amide bonds. The molecule has 0 radical (unpaired) electrons. The molecular weight excluding hydrogens is 356 g/mol. The highest BCUT2D eigenvalue weighted by molar-refractivity contribution is 9.10. The first-order chi connectivity index (χ1) is 11.0. The molecule has 0 spiro atoms. The molecule has 0 unspecified atom stereocenters. The Kier molecular flexibility index (Phi) is 6.10. The number of nitrogens with one attached hydrogen (secondary N) is 2. The van der Waals surface area contributed by atoms with Crippen molar-refractivity contribution in [2.45, 2.75) is 33.6 Å². The molecule has 5 nitrogen and oxygen atoms in total. The van der Waals surface area contributed by atoms with Crippen molar-refractivity contribution in [2.24, 2.45) is 0 Å². The molecule has 0 fully saturated rings. The van der Waals surface area contributed by atoms with Gasteiger partial charge in [-0.25, -0.2) is 9.97 Å². The Bertz CT molecular complexity index is 703. The number of benzene rings is 1. The van der Waals surface area contributed by atoms with Crippen LogP contribution in [0.1, 0.15) is 41.6 Å². The number of nitrogens with zero attached hydrogens (tertiary/aromatic N) is 2. The molecule has 0 atom stereocenters. The van der Waals surface area contributed by atoms with Gasteiger partial charge in [0.05, 0.1) is 0 Å². The number of carbonyl (C=O) groups excluding carboxylic acids is 1. The van der Waals surface area contributed by atoms with Gasteiger partial charge in [0.2, 0.25) is 0 Å². The minimum atomic E-state index is -0.240. The van der Waals surface area contributed by atoms with E-state index in [1.807, 2.05) is 25.1 Å². The number of unbranched alkanes of at least 4 members (excludes halogenated alkanes) is 1. The minimum Gasteiger partial charge on any atom is -0.370 e. The van der Waals surface area contributed by atoms with Crippen LogP contribution >= 0.6 is 15.9 Å². The van der Waals surface area contributed by atoms with E-state index in [0.29, 0.717) is 17.3 Å². The SMILES string of the molecule is CCCCNc1cc(C(=O)Nc2ccc(Br)c(C)c2)nc(C)n1. The molecule has 0 aliphatic carbocycles. The second kappa shape index (κ2) is 8.06. The van der Waals surface area contributed by atoms with Crippen molar-refractivity contribution in [3.8, 4) is 0 Å². The van der Waals surface area contributed by atoms with E-state index < -0.39 is 0 Å². The van der Waals surface area contributed by atoms with E-state index in [2.05, 4.69) is 43.5 Å². The van der Waals surface area contributed by atoms with Gasteiger partial charge in [0.1, 0.15) is 17.3 Å². The minimum absolute atomic E-state index is 0.240. The van der Waals surface area contributed by atoms with Crippen molar-refractivity contribution in [3.63, 3.8) is 0 Å². The molecule has 0 aliphatic heterocycles. The first-order valence-corrected chi connectivity index (χ1v) is 8.46. The van der Waals surface area contributed by atoms with Crippen LogP contribution in [0.15, 0.2) is 28.7 Å². The second-order valence-electron chi connectivity index (χ2n) is 5.38. The van der Waals surface area contributed by atoms with E-state index in [1.165, 1.54) is 0 Å². The Morgan fingerprint density at radius 1 is 1.22 bits per heavy atom. The Morgan fingerprint density at radius 3 is 2.70 bits per heavy atom. The predicted molar refractivity (Wildman–Crippen MR) is 97.0 cm³/mol. The summed E-state index contributed by atoms with van der Waals surface area (Å²) in [7, 11) is 0. The standard InChI is InChI=1S/C17H21BrN4O/c1-4-5-8-19-16-10-15(20-12(3)21-16)17(23)22-13-6-7-14(18)11(2)9-13/h6-7,9-10H,4-5,8H2,1-3H3,(H,22,23)(H,19,20,21). The fraction of sp³-hybridized carbons (Fsp3) is 0.353. The first-order valence-electron chi connectivity index (χ1n) is 7.66. The van der Waals surface area contributed by atoms with Crippen molar-refractivity contribution in [1.29, 1.82) is 0 Å². The van der Waals surface area contributed by atoms with Crippen LogP contribution in [-0.4, -0.2) is 22.4 Å². The van der Waals surface area contributed by atoms with E-state index in [0.717, 1.165) is 35.1 Å². The summed E-state index contributed by atoms with van der Waals surface area (Å²) >= 11 is 3.45. The van der Waals surface area contributed by atoms with E-state index in [4.69, 9.17) is 0 Å². The van der Waals surface area contributed by atoms with Crippen LogP contribution in [0.5, 0.6) is 0 Å². The highest BCUT2D eigenvalue weighted by Gasteiger charge is 2.11. The third-order valence-electron chi connectivity index (χ3n) is 3.32. The van der Waals surface area contributed by atoms with Crippen LogP contribution in [0.2, 0.25) is 0 Å². The third-order valence-corrected chi connectivity index (χ3v) is 4.21. The van der Waals surface area contributed by atoms with Crippen LogP contribution in [0.3, 0.4) is 0 Å². The normalized spacial score (nSPS) is 10.4. The zero-order chi connectivity index (χ0) is 16.8. The number of carbonyl (C=O) groups is 1. The average molecular weight is 377 g/mol. The van der Waals surface area contributed by atoms with E-state index in [1.54, 1.807) is 13.0 Å². The highest BCUT2D eigenvalue weighted by Crippen LogP contribution is 2.20. The van der Waals surface area contributed by atoms with Gasteiger partial charge in [-0.05, 0) is 44.0 Å².